The molecule has 0 spiro atoms. The number of carboxylic acids is 1. The smallest absolute Gasteiger partial charge is 0.319 e. The van der Waals surface area contributed by atoms with E-state index in [9.17, 15) is 19.7 Å². The molecule has 1 saturated carbocycles. The van der Waals surface area contributed by atoms with Crippen LogP contribution in [0, 0.1) is 15.5 Å². The highest BCUT2D eigenvalue weighted by Gasteiger charge is 2.50. The van der Waals surface area contributed by atoms with Crippen molar-refractivity contribution in [3.05, 3.63) is 33.3 Å². The topological polar surface area (TPSA) is 122 Å². The van der Waals surface area contributed by atoms with E-state index >= 15 is 0 Å². The number of amides is 2. The zero-order chi connectivity index (χ0) is 15.6. The predicted molar refractivity (Wildman–Crippen MR) is 74.4 cm³/mol. The number of hydrogen-bond acceptors (Lipinski definition) is 4. The van der Waals surface area contributed by atoms with Crippen LogP contribution >= 0.6 is 11.6 Å². The van der Waals surface area contributed by atoms with Gasteiger partial charge in [0.2, 0.25) is 0 Å². The number of nitrogens with one attached hydrogen (secondary N) is 2. The Kier molecular flexibility index (Phi) is 3.99. The van der Waals surface area contributed by atoms with Crippen molar-refractivity contribution in [1.82, 2.24) is 5.32 Å². The molecular weight excluding hydrogens is 302 g/mol. The fraction of sp³-hybridized carbons (Fsp3) is 0.333. The lowest BCUT2D eigenvalue weighted by Crippen LogP contribution is -2.36. The molecule has 21 heavy (non-hydrogen) atoms. The predicted octanol–water partition coefficient (Wildman–Crippen LogP) is 2.23. The van der Waals surface area contributed by atoms with Gasteiger partial charge in [-0.05, 0) is 25.0 Å². The van der Waals surface area contributed by atoms with Crippen molar-refractivity contribution >= 4 is 35.0 Å². The molecule has 1 aliphatic carbocycles. The number of rotatable bonds is 5. The number of benzene rings is 1. The van der Waals surface area contributed by atoms with Crippen molar-refractivity contribution in [3.63, 3.8) is 0 Å². The van der Waals surface area contributed by atoms with Gasteiger partial charge in [-0.25, -0.2) is 4.79 Å². The minimum Gasteiger partial charge on any atom is -0.481 e. The summed E-state index contributed by atoms with van der Waals surface area (Å²) in [5, 5.41) is 24.5. The van der Waals surface area contributed by atoms with Gasteiger partial charge in [0, 0.05) is 18.3 Å². The third-order valence-corrected chi connectivity index (χ3v) is 3.61. The van der Waals surface area contributed by atoms with Crippen molar-refractivity contribution in [3.8, 4) is 0 Å². The number of halogens is 1. The number of anilines is 1. The summed E-state index contributed by atoms with van der Waals surface area (Å²) in [5.41, 5.74) is -0.994. The van der Waals surface area contributed by atoms with E-state index < -0.39 is 22.3 Å². The van der Waals surface area contributed by atoms with Crippen molar-refractivity contribution < 1.29 is 19.6 Å². The Hall–Kier alpha value is -2.35. The van der Waals surface area contributed by atoms with Crippen molar-refractivity contribution in [2.24, 2.45) is 5.41 Å². The average Bonchev–Trinajstić information content (AvgIpc) is 3.19. The van der Waals surface area contributed by atoms with E-state index in [1.54, 1.807) is 0 Å². The third kappa shape index (κ3) is 3.40. The largest absolute Gasteiger partial charge is 0.481 e. The van der Waals surface area contributed by atoms with Crippen LogP contribution in [-0.4, -0.2) is 28.6 Å². The van der Waals surface area contributed by atoms with Crippen LogP contribution in [0.5, 0.6) is 0 Å². The molecule has 9 heteroatoms. The first-order chi connectivity index (χ1) is 9.84. The number of carbonyl (C=O) groups excluding carboxylic acids is 1. The number of carboxylic acid groups (broad SMARTS) is 1. The van der Waals surface area contributed by atoms with Crippen LogP contribution < -0.4 is 10.6 Å². The molecule has 0 aliphatic heterocycles. The van der Waals surface area contributed by atoms with Crippen LogP contribution in [0.25, 0.3) is 0 Å². The van der Waals surface area contributed by atoms with Crippen molar-refractivity contribution in [2.75, 3.05) is 11.9 Å². The maximum atomic E-state index is 11.7. The maximum absolute atomic E-state index is 11.7. The molecule has 112 valence electrons. The van der Waals surface area contributed by atoms with E-state index in [2.05, 4.69) is 10.6 Å². The molecule has 0 bridgehead atoms. The normalized spacial score (nSPS) is 15.1. The second-order valence-corrected chi connectivity index (χ2v) is 5.22. The van der Waals surface area contributed by atoms with Crippen LogP contribution in [0.1, 0.15) is 12.8 Å². The lowest BCUT2D eigenvalue weighted by molar-refractivity contribution is -0.384. The number of nitrogens with zero attached hydrogens (tertiary/aromatic N) is 1. The summed E-state index contributed by atoms with van der Waals surface area (Å²) in [4.78, 5) is 32.7. The zero-order valence-electron chi connectivity index (χ0n) is 10.8. The Balaban J connectivity index is 1.95. The van der Waals surface area contributed by atoms with Gasteiger partial charge in [0.15, 0.2) is 0 Å². The monoisotopic (exact) mass is 313 g/mol. The second kappa shape index (κ2) is 5.57. The molecule has 0 atom stereocenters. The average molecular weight is 314 g/mol. The number of hydrogen-bond donors (Lipinski definition) is 3. The number of urea groups is 1. The van der Waals surface area contributed by atoms with Gasteiger partial charge in [0.05, 0.1) is 10.3 Å². The van der Waals surface area contributed by atoms with E-state index in [-0.39, 0.29) is 22.9 Å². The van der Waals surface area contributed by atoms with Crippen molar-refractivity contribution in [1.29, 1.82) is 0 Å². The summed E-state index contributed by atoms with van der Waals surface area (Å²) >= 11 is 5.66. The summed E-state index contributed by atoms with van der Waals surface area (Å²) in [6.07, 6.45) is 1.05. The first-order valence-electron chi connectivity index (χ1n) is 6.06. The van der Waals surface area contributed by atoms with Crippen LogP contribution in [0.4, 0.5) is 16.2 Å². The van der Waals surface area contributed by atoms with Gasteiger partial charge in [-0.15, -0.1) is 0 Å². The van der Waals surface area contributed by atoms with Gasteiger partial charge in [0.25, 0.3) is 5.69 Å². The molecule has 0 unspecified atom stereocenters. The SMILES string of the molecule is O=C(NCC1(C(=O)O)CC1)Nc1ccc(Cl)c([N+](=O)[O-])c1. The molecule has 0 saturated heterocycles. The van der Waals surface area contributed by atoms with Crippen LogP contribution in [0.3, 0.4) is 0 Å². The van der Waals surface area contributed by atoms with Gasteiger partial charge >= 0.3 is 12.0 Å². The minimum absolute atomic E-state index is 0.0177. The standard InChI is InChI=1S/C12H12ClN3O5/c13-8-2-1-7(5-9(8)16(20)21)15-11(19)14-6-12(3-4-12)10(17)18/h1-2,5H,3-4,6H2,(H,17,18)(H2,14,15,19). The van der Waals surface area contributed by atoms with E-state index in [1.807, 2.05) is 0 Å². The molecule has 0 radical (unpaired) electrons. The maximum Gasteiger partial charge on any atom is 0.319 e. The Bertz CT molecular complexity index is 615. The zero-order valence-corrected chi connectivity index (χ0v) is 11.5. The molecule has 1 aromatic rings. The fourth-order valence-electron chi connectivity index (χ4n) is 1.77. The Morgan fingerprint density at radius 1 is 1.43 bits per heavy atom. The molecule has 1 aliphatic rings. The molecule has 8 nitrogen and oxygen atoms in total. The lowest BCUT2D eigenvalue weighted by Gasteiger charge is -2.12. The summed E-state index contributed by atoms with van der Waals surface area (Å²) in [6.45, 7) is 0.0177. The summed E-state index contributed by atoms with van der Waals surface area (Å²) in [7, 11) is 0. The molecule has 0 aromatic heterocycles. The fourth-order valence-corrected chi connectivity index (χ4v) is 1.96. The van der Waals surface area contributed by atoms with E-state index in [0.717, 1.165) is 6.07 Å². The molecule has 2 rings (SSSR count). The van der Waals surface area contributed by atoms with Gasteiger partial charge in [-0.3, -0.25) is 14.9 Å². The van der Waals surface area contributed by atoms with Crippen molar-refractivity contribution in [2.45, 2.75) is 12.8 Å². The number of nitro benzene ring substituents is 1. The number of aliphatic carboxylic acids is 1. The molecule has 2 amide bonds. The molecular formula is C12H12ClN3O5. The summed E-state index contributed by atoms with van der Waals surface area (Å²) in [6, 6.07) is 3.22. The van der Waals surface area contributed by atoms with Crippen LogP contribution in [-0.2, 0) is 4.79 Å². The number of nitro groups is 1. The number of carbonyl (C=O) groups is 2. The summed E-state index contributed by atoms with van der Waals surface area (Å²) < 4.78 is 0. The Morgan fingerprint density at radius 3 is 2.62 bits per heavy atom. The Labute approximate surface area is 124 Å². The van der Waals surface area contributed by atoms with Crippen LogP contribution in [0.15, 0.2) is 18.2 Å². The van der Waals surface area contributed by atoms with Crippen LogP contribution in [0.2, 0.25) is 5.02 Å². The highest BCUT2D eigenvalue weighted by atomic mass is 35.5. The van der Waals surface area contributed by atoms with Gasteiger partial charge in [-0.1, -0.05) is 11.6 Å². The minimum atomic E-state index is -0.940. The molecule has 0 heterocycles. The van der Waals surface area contributed by atoms with Gasteiger partial charge in [0.1, 0.15) is 5.02 Å². The second-order valence-electron chi connectivity index (χ2n) is 4.82. The highest BCUT2D eigenvalue weighted by Crippen LogP contribution is 2.45. The summed E-state index contributed by atoms with van der Waals surface area (Å²) in [5.74, 6) is -0.940. The quantitative estimate of drug-likeness (QED) is 0.568. The van der Waals surface area contributed by atoms with E-state index in [4.69, 9.17) is 16.7 Å². The lowest BCUT2D eigenvalue weighted by atomic mass is 10.1. The van der Waals surface area contributed by atoms with Gasteiger partial charge < -0.3 is 15.7 Å². The molecule has 1 aromatic carbocycles. The molecule has 1 fully saturated rings. The van der Waals surface area contributed by atoms with Gasteiger partial charge in [-0.2, -0.15) is 0 Å². The highest BCUT2D eigenvalue weighted by molar-refractivity contribution is 6.32. The Morgan fingerprint density at radius 2 is 2.10 bits per heavy atom. The first kappa shape index (κ1) is 15.0. The third-order valence-electron chi connectivity index (χ3n) is 3.30. The van der Waals surface area contributed by atoms with E-state index in [1.165, 1.54) is 12.1 Å². The molecule has 3 N–H and O–H groups in total. The van der Waals surface area contributed by atoms with E-state index in [0.29, 0.717) is 12.8 Å². The first-order valence-corrected chi connectivity index (χ1v) is 6.44.